The zero-order valence-electron chi connectivity index (χ0n) is 26.0. The normalized spacial score (nSPS) is 40.1. The first-order valence-corrected chi connectivity index (χ1v) is 16.1. The molecule has 0 spiro atoms. The lowest BCUT2D eigenvalue weighted by Crippen LogP contribution is -2.65. The Morgan fingerprint density at radius 3 is 2.64 bits per heavy atom. The number of hydrogen-bond acceptors (Lipinski definition) is 7. The lowest BCUT2D eigenvalue weighted by atomic mass is 9.41. The molecule has 4 unspecified atom stereocenters. The SMILES string of the molecule is COC(=O)CC[C@@H](C)C1CCC2C3C([C@H](n4nnc5ccccc54)C(=O)[C@@]21C)[C@@]1(C)CC[C@@H](C)C[C@H]1C[C@H]3OC(C)=O. The number of fused-ring (bicyclic) bond motifs is 6. The number of ether oxygens (including phenoxy) is 2. The first-order chi connectivity index (χ1) is 20.0. The molecule has 228 valence electrons. The van der Waals surface area contributed by atoms with Crippen molar-refractivity contribution in [2.24, 2.45) is 52.3 Å². The van der Waals surface area contributed by atoms with Gasteiger partial charge in [0.15, 0.2) is 5.78 Å². The van der Waals surface area contributed by atoms with Crippen LogP contribution < -0.4 is 0 Å². The van der Waals surface area contributed by atoms with Crippen molar-refractivity contribution >= 4 is 28.8 Å². The quantitative estimate of drug-likeness (QED) is 0.378. The highest BCUT2D eigenvalue weighted by Crippen LogP contribution is 2.70. The Bertz CT molecular complexity index is 1370. The van der Waals surface area contributed by atoms with E-state index in [0.717, 1.165) is 49.6 Å². The summed E-state index contributed by atoms with van der Waals surface area (Å²) in [6.07, 6.45) is 6.80. The van der Waals surface area contributed by atoms with Crippen LogP contribution in [0.3, 0.4) is 0 Å². The van der Waals surface area contributed by atoms with Crippen molar-refractivity contribution in [1.82, 2.24) is 15.0 Å². The zero-order valence-corrected chi connectivity index (χ0v) is 26.0. The molecule has 1 heterocycles. The minimum Gasteiger partial charge on any atom is -0.469 e. The Labute approximate surface area is 249 Å². The summed E-state index contributed by atoms with van der Waals surface area (Å²) in [4.78, 5) is 40.0. The molecule has 42 heavy (non-hydrogen) atoms. The molecule has 8 heteroatoms. The molecule has 11 atom stereocenters. The van der Waals surface area contributed by atoms with Crippen LogP contribution in [0, 0.1) is 52.3 Å². The molecule has 1 aromatic heterocycles. The van der Waals surface area contributed by atoms with Crippen molar-refractivity contribution in [1.29, 1.82) is 0 Å². The number of aromatic nitrogens is 3. The zero-order chi connectivity index (χ0) is 30.0. The van der Waals surface area contributed by atoms with Gasteiger partial charge in [0.2, 0.25) is 0 Å². The molecule has 4 aliphatic rings. The third-order valence-electron chi connectivity index (χ3n) is 12.5. The Morgan fingerprint density at radius 2 is 1.90 bits per heavy atom. The molecule has 0 radical (unpaired) electrons. The summed E-state index contributed by atoms with van der Waals surface area (Å²) >= 11 is 0. The van der Waals surface area contributed by atoms with E-state index in [9.17, 15) is 9.59 Å². The second-order valence-corrected chi connectivity index (χ2v) is 14.6. The lowest BCUT2D eigenvalue weighted by molar-refractivity contribution is -0.202. The number of carbonyl (C=O) groups excluding carboxylic acids is 3. The van der Waals surface area contributed by atoms with Gasteiger partial charge in [-0.1, -0.05) is 51.5 Å². The molecule has 2 aromatic rings. The fourth-order valence-corrected chi connectivity index (χ4v) is 10.5. The van der Waals surface area contributed by atoms with Gasteiger partial charge in [-0.25, -0.2) is 4.68 Å². The molecule has 0 N–H and O–H groups in total. The standard InChI is InChI=1S/C34H47N3O5/c1-19-15-16-33(4)22(17-19)18-27(42-21(3)38)29-24-13-12-23(20(2)11-14-28(39)41-6)34(24,5)32(40)31(30(29)33)37-26-10-8-7-9-25(26)35-36-37/h7-10,19-20,22-24,27,29-31H,11-18H2,1-6H3/t19-,20-,22+,23?,24?,27-,29?,30?,31+,33+,34-/m1/s1. The molecule has 4 fully saturated rings. The first-order valence-electron chi connectivity index (χ1n) is 16.1. The van der Waals surface area contributed by atoms with Gasteiger partial charge in [-0.2, -0.15) is 0 Å². The number of methoxy groups -OCH3 is 1. The summed E-state index contributed by atoms with van der Waals surface area (Å²) in [7, 11) is 1.43. The summed E-state index contributed by atoms with van der Waals surface area (Å²) in [5.74, 6) is 1.22. The fraction of sp³-hybridized carbons (Fsp3) is 0.735. The maximum absolute atomic E-state index is 15.4. The number of nitrogens with zero attached hydrogens (tertiary/aromatic N) is 3. The van der Waals surface area contributed by atoms with E-state index in [1.807, 2.05) is 28.9 Å². The third-order valence-corrected chi connectivity index (χ3v) is 12.5. The van der Waals surface area contributed by atoms with Crippen LogP contribution in [-0.4, -0.2) is 45.9 Å². The highest BCUT2D eigenvalue weighted by atomic mass is 16.5. The van der Waals surface area contributed by atoms with E-state index in [1.165, 1.54) is 14.0 Å². The monoisotopic (exact) mass is 577 g/mol. The molecule has 6 rings (SSSR count). The second kappa shape index (κ2) is 10.7. The molecule has 1 aromatic carbocycles. The minimum absolute atomic E-state index is 0.00657. The van der Waals surface area contributed by atoms with Crippen LogP contribution in [0.1, 0.15) is 92.0 Å². The van der Waals surface area contributed by atoms with Crippen LogP contribution in [0.4, 0.5) is 0 Å². The van der Waals surface area contributed by atoms with Crippen LogP contribution in [-0.2, 0) is 23.9 Å². The summed E-state index contributed by atoms with van der Waals surface area (Å²) in [5.41, 5.74) is 0.966. The van der Waals surface area contributed by atoms with Gasteiger partial charge in [0.05, 0.1) is 12.6 Å². The van der Waals surface area contributed by atoms with Crippen molar-refractivity contribution in [2.45, 2.75) is 98.1 Å². The fourth-order valence-electron chi connectivity index (χ4n) is 10.5. The summed E-state index contributed by atoms with van der Waals surface area (Å²) in [6, 6.07) is 7.43. The molecule has 0 bridgehead atoms. The van der Waals surface area contributed by atoms with Crippen LogP contribution in [0.2, 0.25) is 0 Å². The maximum atomic E-state index is 15.4. The molecular weight excluding hydrogens is 530 g/mol. The molecular formula is C34H47N3O5. The summed E-state index contributed by atoms with van der Waals surface area (Å²) in [5, 5.41) is 9.21. The minimum atomic E-state index is -0.627. The average Bonchev–Trinajstić information content (AvgIpc) is 3.54. The van der Waals surface area contributed by atoms with Crippen molar-refractivity contribution in [3.63, 3.8) is 0 Å². The average molecular weight is 578 g/mol. The van der Waals surface area contributed by atoms with Gasteiger partial charge >= 0.3 is 11.9 Å². The smallest absolute Gasteiger partial charge is 0.305 e. The van der Waals surface area contributed by atoms with E-state index in [-0.39, 0.29) is 58.8 Å². The topological polar surface area (TPSA) is 100 Å². The Balaban J connectivity index is 1.51. The van der Waals surface area contributed by atoms with Gasteiger partial charge in [0.25, 0.3) is 0 Å². The van der Waals surface area contributed by atoms with E-state index in [2.05, 4.69) is 32.8 Å². The lowest BCUT2D eigenvalue weighted by Gasteiger charge is -2.64. The van der Waals surface area contributed by atoms with Crippen LogP contribution in [0.25, 0.3) is 11.0 Å². The first kappa shape index (κ1) is 29.3. The molecule has 4 aliphatic carbocycles. The van der Waals surface area contributed by atoms with E-state index < -0.39 is 11.5 Å². The Morgan fingerprint density at radius 1 is 1.14 bits per heavy atom. The van der Waals surface area contributed by atoms with Gasteiger partial charge in [0, 0.05) is 30.6 Å². The largest absolute Gasteiger partial charge is 0.469 e. The van der Waals surface area contributed by atoms with Gasteiger partial charge in [-0.05, 0) is 85.7 Å². The van der Waals surface area contributed by atoms with Crippen LogP contribution in [0.15, 0.2) is 24.3 Å². The number of hydrogen-bond donors (Lipinski definition) is 0. The summed E-state index contributed by atoms with van der Waals surface area (Å²) < 4.78 is 13.1. The Kier molecular flexibility index (Phi) is 7.50. The van der Waals surface area contributed by atoms with Crippen LogP contribution >= 0.6 is 0 Å². The number of carbonyl (C=O) groups is 3. The summed E-state index contributed by atoms with van der Waals surface area (Å²) in [6.45, 7) is 10.6. The highest BCUT2D eigenvalue weighted by molar-refractivity contribution is 5.92. The van der Waals surface area contributed by atoms with E-state index in [1.54, 1.807) is 0 Å². The van der Waals surface area contributed by atoms with Crippen molar-refractivity contribution < 1.29 is 23.9 Å². The number of para-hydroxylation sites is 1. The maximum Gasteiger partial charge on any atom is 0.305 e. The predicted octanol–water partition coefficient (Wildman–Crippen LogP) is 6.19. The molecule has 0 aliphatic heterocycles. The second-order valence-electron chi connectivity index (χ2n) is 14.6. The predicted molar refractivity (Wildman–Crippen MR) is 158 cm³/mol. The third kappa shape index (κ3) is 4.41. The number of benzene rings is 1. The van der Waals surface area contributed by atoms with Crippen molar-refractivity contribution in [2.75, 3.05) is 7.11 Å². The van der Waals surface area contributed by atoms with E-state index >= 15 is 4.79 Å². The molecule has 8 nitrogen and oxygen atoms in total. The van der Waals surface area contributed by atoms with Crippen molar-refractivity contribution in [3.8, 4) is 0 Å². The van der Waals surface area contributed by atoms with E-state index in [0.29, 0.717) is 24.7 Å². The van der Waals surface area contributed by atoms with Crippen molar-refractivity contribution in [3.05, 3.63) is 24.3 Å². The van der Waals surface area contributed by atoms with E-state index in [4.69, 9.17) is 14.7 Å². The number of Topliss-reactive ketones (excluding diaryl/α,β-unsaturated/α-hetero) is 1. The van der Waals surface area contributed by atoms with Crippen LogP contribution in [0.5, 0.6) is 0 Å². The van der Waals surface area contributed by atoms with Gasteiger partial charge < -0.3 is 9.47 Å². The van der Waals surface area contributed by atoms with Gasteiger partial charge in [-0.3, -0.25) is 14.4 Å². The molecule has 0 saturated heterocycles. The number of ketones is 1. The highest BCUT2D eigenvalue weighted by Gasteiger charge is 2.70. The number of rotatable bonds is 6. The molecule has 0 amide bonds. The van der Waals surface area contributed by atoms with Gasteiger partial charge in [0.1, 0.15) is 17.7 Å². The Hall–Kier alpha value is -2.77. The molecule has 4 saturated carbocycles. The number of esters is 2. The van der Waals surface area contributed by atoms with Gasteiger partial charge in [-0.15, -0.1) is 5.10 Å².